The van der Waals surface area contributed by atoms with Gasteiger partial charge in [0.25, 0.3) is 5.91 Å². The zero-order valence-corrected chi connectivity index (χ0v) is 17.4. The SMILES string of the molecule is CSCC[C@H](NC(=O)c1ccc(Oc2ccccc2)cc1)c1nnc2ccccn12. The van der Waals surface area contributed by atoms with Crippen LogP contribution in [-0.4, -0.2) is 32.5 Å². The first-order valence-corrected chi connectivity index (χ1v) is 11.1. The highest BCUT2D eigenvalue weighted by Gasteiger charge is 2.21. The first-order chi connectivity index (χ1) is 14.7. The van der Waals surface area contributed by atoms with Crippen LogP contribution in [0.4, 0.5) is 0 Å². The first-order valence-electron chi connectivity index (χ1n) is 9.67. The Kier molecular flexibility index (Phi) is 6.29. The second-order valence-corrected chi connectivity index (χ2v) is 7.72. The molecule has 4 aromatic rings. The van der Waals surface area contributed by atoms with E-state index in [9.17, 15) is 4.79 Å². The van der Waals surface area contributed by atoms with E-state index >= 15 is 0 Å². The third kappa shape index (κ3) is 4.63. The van der Waals surface area contributed by atoms with Gasteiger partial charge >= 0.3 is 0 Å². The molecule has 0 aliphatic heterocycles. The van der Waals surface area contributed by atoms with Gasteiger partial charge in [0.15, 0.2) is 11.5 Å². The number of pyridine rings is 1. The molecule has 4 rings (SSSR count). The van der Waals surface area contributed by atoms with Crippen LogP contribution < -0.4 is 10.1 Å². The highest BCUT2D eigenvalue weighted by Crippen LogP contribution is 2.22. The average molecular weight is 419 g/mol. The monoisotopic (exact) mass is 418 g/mol. The molecule has 30 heavy (non-hydrogen) atoms. The van der Waals surface area contributed by atoms with Gasteiger partial charge in [-0.15, -0.1) is 10.2 Å². The molecule has 2 aromatic carbocycles. The van der Waals surface area contributed by atoms with Crippen molar-refractivity contribution in [3.8, 4) is 11.5 Å². The summed E-state index contributed by atoms with van der Waals surface area (Å²) in [4.78, 5) is 12.9. The number of hydrogen-bond acceptors (Lipinski definition) is 5. The largest absolute Gasteiger partial charge is 0.457 e. The predicted molar refractivity (Wildman–Crippen MR) is 119 cm³/mol. The van der Waals surface area contributed by atoms with Crippen LogP contribution in [0.5, 0.6) is 11.5 Å². The number of carbonyl (C=O) groups excluding carboxylic acids is 1. The highest BCUT2D eigenvalue weighted by atomic mass is 32.2. The minimum atomic E-state index is -0.234. The highest BCUT2D eigenvalue weighted by molar-refractivity contribution is 7.98. The van der Waals surface area contributed by atoms with E-state index in [0.717, 1.165) is 29.4 Å². The molecule has 0 fully saturated rings. The Morgan fingerprint density at radius 2 is 1.73 bits per heavy atom. The normalized spacial score (nSPS) is 11.9. The minimum absolute atomic E-state index is 0.153. The molecule has 1 N–H and O–H groups in total. The molecule has 0 unspecified atom stereocenters. The summed E-state index contributed by atoms with van der Waals surface area (Å²) in [6, 6.07) is 22.2. The second-order valence-electron chi connectivity index (χ2n) is 6.73. The van der Waals surface area contributed by atoms with Crippen LogP contribution in [0.25, 0.3) is 5.65 Å². The zero-order chi connectivity index (χ0) is 20.8. The molecule has 1 amide bonds. The number of benzene rings is 2. The molecule has 7 heteroatoms. The van der Waals surface area contributed by atoms with Gasteiger partial charge in [0, 0.05) is 11.8 Å². The molecule has 0 saturated carbocycles. The van der Waals surface area contributed by atoms with Gasteiger partial charge in [0.2, 0.25) is 0 Å². The van der Waals surface area contributed by atoms with Crippen LogP contribution in [0.1, 0.15) is 28.6 Å². The molecule has 0 bridgehead atoms. The summed E-state index contributed by atoms with van der Waals surface area (Å²) in [6.07, 6.45) is 4.72. The van der Waals surface area contributed by atoms with Crippen molar-refractivity contribution < 1.29 is 9.53 Å². The molecular formula is C23H22N4O2S. The first kappa shape index (κ1) is 20.0. The van der Waals surface area contributed by atoms with Gasteiger partial charge in [-0.2, -0.15) is 11.8 Å². The maximum Gasteiger partial charge on any atom is 0.251 e. The Labute approximate surface area is 179 Å². The van der Waals surface area contributed by atoms with Crippen molar-refractivity contribution in [2.45, 2.75) is 12.5 Å². The number of amides is 1. The number of thioether (sulfide) groups is 1. The fourth-order valence-corrected chi connectivity index (χ4v) is 3.61. The Balaban J connectivity index is 1.49. The number of rotatable bonds is 8. The van der Waals surface area contributed by atoms with Crippen molar-refractivity contribution in [3.63, 3.8) is 0 Å². The lowest BCUT2D eigenvalue weighted by atomic mass is 10.1. The molecule has 152 valence electrons. The van der Waals surface area contributed by atoms with Gasteiger partial charge in [0.05, 0.1) is 6.04 Å². The average Bonchev–Trinajstić information content (AvgIpc) is 3.22. The van der Waals surface area contributed by atoms with Crippen molar-refractivity contribution in [1.29, 1.82) is 0 Å². The Morgan fingerprint density at radius 1 is 1.00 bits per heavy atom. The van der Waals surface area contributed by atoms with Gasteiger partial charge in [0.1, 0.15) is 11.5 Å². The molecule has 0 aliphatic rings. The van der Waals surface area contributed by atoms with Gasteiger partial charge in [-0.05, 0) is 67.0 Å². The maximum atomic E-state index is 12.9. The molecule has 6 nitrogen and oxygen atoms in total. The van der Waals surface area contributed by atoms with E-state index in [0.29, 0.717) is 11.3 Å². The summed E-state index contributed by atoms with van der Waals surface area (Å²) in [5, 5.41) is 11.7. The number of nitrogens with zero attached hydrogens (tertiary/aromatic N) is 3. The molecular weight excluding hydrogens is 396 g/mol. The second kappa shape index (κ2) is 9.45. The number of nitrogens with one attached hydrogen (secondary N) is 1. The fraction of sp³-hybridized carbons (Fsp3) is 0.174. The van der Waals surface area contributed by atoms with Crippen molar-refractivity contribution in [3.05, 3.63) is 90.4 Å². The lowest BCUT2D eigenvalue weighted by Gasteiger charge is -2.17. The Hall–Kier alpha value is -3.32. The maximum absolute atomic E-state index is 12.9. The van der Waals surface area contributed by atoms with Gasteiger partial charge in [-0.3, -0.25) is 9.20 Å². The summed E-state index contributed by atoms with van der Waals surface area (Å²) in [5.41, 5.74) is 1.33. The number of aromatic nitrogens is 3. The molecule has 0 radical (unpaired) electrons. The Morgan fingerprint density at radius 3 is 2.50 bits per heavy atom. The number of para-hydroxylation sites is 1. The van der Waals surface area contributed by atoms with Crippen molar-refractivity contribution in [2.75, 3.05) is 12.0 Å². The van der Waals surface area contributed by atoms with E-state index < -0.39 is 0 Å². The molecule has 2 heterocycles. The van der Waals surface area contributed by atoms with Crippen LogP contribution in [0, 0.1) is 0 Å². The minimum Gasteiger partial charge on any atom is -0.457 e. The summed E-state index contributed by atoms with van der Waals surface area (Å²) in [5.74, 6) is 2.92. The number of hydrogen-bond donors (Lipinski definition) is 1. The van der Waals surface area contributed by atoms with E-state index in [1.165, 1.54) is 0 Å². The van der Waals surface area contributed by atoms with E-state index in [2.05, 4.69) is 15.5 Å². The van der Waals surface area contributed by atoms with E-state index in [1.807, 2.05) is 65.4 Å². The van der Waals surface area contributed by atoms with E-state index in [1.54, 1.807) is 36.0 Å². The van der Waals surface area contributed by atoms with Crippen molar-refractivity contribution >= 4 is 23.3 Å². The lowest BCUT2D eigenvalue weighted by Crippen LogP contribution is -2.30. The number of carbonyl (C=O) groups is 1. The van der Waals surface area contributed by atoms with Crippen LogP contribution >= 0.6 is 11.8 Å². The number of ether oxygens (including phenoxy) is 1. The van der Waals surface area contributed by atoms with Crippen LogP contribution in [0.3, 0.4) is 0 Å². The van der Waals surface area contributed by atoms with E-state index in [-0.39, 0.29) is 11.9 Å². The molecule has 0 aliphatic carbocycles. The predicted octanol–water partition coefficient (Wildman–Crippen LogP) is 4.75. The summed E-state index contributed by atoms with van der Waals surface area (Å²) in [6.45, 7) is 0. The van der Waals surface area contributed by atoms with Crippen LogP contribution in [-0.2, 0) is 0 Å². The van der Waals surface area contributed by atoms with Crippen molar-refractivity contribution in [2.24, 2.45) is 0 Å². The molecule has 2 aromatic heterocycles. The standard InChI is InChI=1S/C23H22N4O2S/c1-30-16-14-20(22-26-25-21-9-5-6-15-27(21)22)24-23(28)17-10-12-19(13-11-17)29-18-7-3-2-4-8-18/h2-13,15,20H,14,16H2,1H3,(H,24,28)/t20-/m0/s1. The smallest absolute Gasteiger partial charge is 0.251 e. The number of fused-ring (bicyclic) bond motifs is 1. The van der Waals surface area contributed by atoms with Crippen LogP contribution in [0.15, 0.2) is 79.0 Å². The fourth-order valence-electron chi connectivity index (χ4n) is 3.14. The Bertz CT molecular complexity index is 1110. The third-order valence-corrected chi connectivity index (χ3v) is 5.31. The van der Waals surface area contributed by atoms with Gasteiger partial charge in [-0.1, -0.05) is 24.3 Å². The molecule has 0 spiro atoms. The zero-order valence-electron chi connectivity index (χ0n) is 16.6. The summed E-state index contributed by atoms with van der Waals surface area (Å²) < 4.78 is 7.72. The topological polar surface area (TPSA) is 68.5 Å². The lowest BCUT2D eigenvalue weighted by molar-refractivity contribution is 0.0934. The van der Waals surface area contributed by atoms with Gasteiger partial charge < -0.3 is 10.1 Å². The summed E-state index contributed by atoms with van der Waals surface area (Å²) in [7, 11) is 0. The van der Waals surface area contributed by atoms with Crippen molar-refractivity contribution in [1.82, 2.24) is 19.9 Å². The van der Waals surface area contributed by atoms with Crippen LogP contribution in [0.2, 0.25) is 0 Å². The molecule has 1 atom stereocenters. The molecule has 0 saturated heterocycles. The van der Waals surface area contributed by atoms with E-state index in [4.69, 9.17) is 4.74 Å². The third-order valence-electron chi connectivity index (χ3n) is 4.66. The quantitative estimate of drug-likeness (QED) is 0.447. The van der Waals surface area contributed by atoms with Gasteiger partial charge in [-0.25, -0.2) is 0 Å². The summed E-state index contributed by atoms with van der Waals surface area (Å²) >= 11 is 1.73.